The van der Waals surface area contributed by atoms with Gasteiger partial charge in [0.25, 0.3) is 0 Å². The van der Waals surface area contributed by atoms with Gasteiger partial charge < -0.3 is 0 Å². The molecule has 0 saturated heterocycles. The van der Waals surface area contributed by atoms with Crippen molar-refractivity contribution in [2.24, 2.45) is 10.8 Å². The largest absolute Gasteiger partial charge is 0.0680 e. The van der Waals surface area contributed by atoms with Gasteiger partial charge in [-0.15, -0.1) is 0 Å². The SMILES string of the molecule is CC/C(=C\C=C(/C)C(C)(C)C)C(C)(C)C. The van der Waals surface area contributed by atoms with Crippen LogP contribution in [0.3, 0.4) is 0 Å². The van der Waals surface area contributed by atoms with Gasteiger partial charge in [-0.1, -0.05) is 71.8 Å². The van der Waals surface area contributed by atoms with Crippen molar-refractivity contribution in [2.75, 3.05) is 0 Å². The Morgan fingerprint density at radius 2 is 1.33 bits per heavy atom. The molecule has 0 radical (unpaired) electrons. The quantitative estimate of drug-likeness (QED) is 0.536. The molecule has 0 unspecified atom stereocenters. The molecule has 0 aromatic carbocycles. The predicted octanol–water partition coefficient (Wildman–Crippen LogP) is 5.36. The monoisotopic (exact) mass is 208 g/mol. The lowest BCUT2D eigenvalue weighted by Gasteiger charge is -2.23. The van der Waals surface area contributed by atoms with E-state index in [0.29, 0.717) is 5.41 Å². The molecule has 0 rings (SSSR count). The van der Waals surface area contributed by atoms with Crippen molar-refractivity contribution < 1.29 is 0 Å². The fourth-order valence-corrected chi connectivity index (χ4v) is 1.37. The van der Waals surface area contributed by atoms with Crippen LogP contribution in [0, 0.1) is 10.8 Å². The van der Waals surface area contributed by atoms with Gasteiger partial charge >= 0.3 is 0 Å². The van der Waals surface area contributed by atoms with Crippen molar-refractivity contribution in [3.8, 4) is 0 Å². The van der Waals surface area contributed by atoms with Crippen LogP contribution >= 0.6 is 0 Å². The molecule has 15 heavy (non-hydrogen) atoms. The van der Waals surface area contributed by atoms with E-state index >= 15 is 0 Å². The van der Waals surface area contributed by atoms with Crippen LogP contribution in [0.1, 0.15) is 61.8 Å². The van der Waals surface area contributed by atoms with Crippen LogP contribution in [0.15, 0.2) is 23.3 Å². The van der Waals surface area contributed by atoms with Gasteiger partial charge in [-0.2, -0.15) is 0 Å². The van der Waals surface area contributed by atoms with E-state index in [1.165, 1.54) is 11.1 Å². The van der Waals surface area contributed by atoms with E-state index in [4.69, 9.17) is 0 Å². The van der Waals surface area contributed by atoms with E-state index in [9.17, 15) is 0 Å². The molecule has 0 nitrogen and oxygen atoms in total. The van der Waals surface area contributed by atoms with Gasteiger partial charge in [0.2, 0.25) is 0 Å². The van der Waals surface area contributed by atoms with Crippen LogP contribution in [0.5, 0.6) is 0 Å². The fourth-order valence-electron chi connectivity index (χ4n) is 1.37. The Balaban J connectivity index is 4.91. The van der Waals surface area contributed by atoms with Gasteiger partial charge in [0.15, 0.2) is 0 Å². The molecule has 0 fully saturated rings. The zero-order chi connectivity index (χ0) is 12.3. The smallest absolute Gasteiger partial charge is 0.0170 e. The van der Waals surface area contributed by atoms with Crippen LogP contribution < -0.4 is 0 Å². The molecule has 0 aliphatic carbocycles. The lowest BCUT2D eigenvalue weighted by Crippen LogP contribution is -2.09. The third kappa shape index (κ3) is 5.20. The number of allylic oxidation sites excluding steroid dienone is 4. The van der Waals surface area contributed by atoms with Gasteiger partial charge in [-0.3, -0.25) is 0 Å². The Morgan fingerprint density at radius 1 is 0.867 bits per heavy atom. The molecule has 0 aliphatic rings. The van der Waals surface area contributed by atoms with Gasteiger partial charge in [-0.05, 0) is 24.2 Å². The van der Waals surface area contributed by atoms with Crippen LogP contribution in [-0.4, -0.2) is 0 Å². The molecule has 0 spiro atoms. The Hall–Kier alpha value is -0.520. The Kier molecular flexibility index (Phi) is 4.83. The summed E-state index contributed by atoms with van der Waals surface area (Å²) in [7, 11) is 0. The highest BCUT2D eigenvalue weighted by atomic mass is 14.2. The van der Waals surface area contributed by atoms with Gasteiger partial charge in [0.05, 0.1) is 0 Å². The van der Waals surface area contributed by atoms with Crippen LogP contribution in [0.4, 0.5) is 0 Å². The van der Waals surface area contributed by atoms with Gasteiger partial charge in [-0.25, -0.2) is 0 Å². The van der Waals surface area contributed by atoms with Crippen molar-refractivity contribution in [3.63, 3.8) is 0 Å². The summed E-state index contributed by atoms with van der Waals surface area (Å²) in [5.74, 6) is 0. The molecule has 0 aromatic heterocycles. The third-order valence-corrected chi connectivity index (χ3v) is 3.06. The van der Waals surface area contributed by atoms with E-state index in [-0.39, 0.29) is 5.41 Å². The highest BCUT2D eigenvalue weighted by Gasteiger charge is 2.15. The normalized spacial score (nSPS) is 15.7. The molecule has 0 aromatic rings. The second-order valence-electron chi connectivity index (χ2n) is 6.40. The first-order valence-electron chi connectivity index (χ1n) is 5.97. The van der Waals surface area contributed by atoms with Crippen LogP contribution in [0.25, 0.3) is 0 Å². The first kappa shape index (κ1) is 14.5. The highest BCUT2D eigenvalue weighted by molar-refractivity contribution is 5.22. The van der Waals surface area contributed by atoms with Crippen molar-refractivity contribution in [1.82, 2.24) is 0 Å². The fraction of sp³-hybridized carbons (Fsp3) is 0.733. The maximum atomic E-state index is 2.31. The average molecular weight is 208 g/mol. The summed E-state index contributed by atoms with van der Waals surface area (Å²) in [6.45, 7) is 18.1. The molecule has 0 amide bonds. The Bertz CT molecular complexity index is 251. The molecular weight excluding hydrogens is 180 g/mol. The maximum absolute atomic E-state index is 2.31. The maximum Gasteiger partial charge on any atom is -0.0170 e. The van der Waals surface area contributed by atoms with Crippen molar-refractivity contribution >= 4 is 0 Å². The summed E-state index contributed by atoms with van der Waals surface area (Å²) >= 11 is 0. The molecule has 0 atom stereocenters. The molecular formula is C15H28. The summed E-state index contributed by atoms with van der Waals surface area (Å²) < 4.78 is 0. The van der Waals surface area contributed by atoms with Crippen molar-refractivity contribution in [2.45, 2.75) is 61.8 Å². The van der Waals surface area contributed by atoms with Crippen molar-refractivity contribution in [1.29, 1.82) is 0 Å². The summed E-state index contributed by atoms with van der Waals surface area (Å²) in [6.07, 6.45) is 5.72. The average Bonchev–Trinajstić information content (AvgIpc) is 2.00. The lowest BCUT2D eigenvalue weighted by molar-refractivity contribution is 0.486. The lowest BCUT2D eigenvalue weighted by atomic mass is 9.83. The van der Waals surface area contributed by atoms with Crippen LogP contribution in [-0.2, 0) is 0 Å². The molecule has 88 valence electrons. The molecule has 0 N–H and O–H groups in total. The number of hydrogen-bond donors (Lipinski definition) is 0. The highest BCUT2D eigenvalue weighted by Crippen LogP contribution is 2.29. The van der Waals surface area contributed by atoms with E-state index in [0.717, 1.165) is 6.42 Å². The minimum Gasteiger partial charge on any atom is -0.0680 e. The Morgan fingerprint density at radius 3 is 1.60 bits per heavy atom. The Labute approximate surface area is 96.5 Å². The van der Waals surface area contributed by atoms with E-state index in [1.807, 2.05) is 0 Å². The summed E-state index contributed by atoms with van der Waals surface area (Å²) in [5, 5.41) is 0. The molecule has 0 bridgehead atoms. The van der Waals surface area contributed by atoms with Crippen molar-refractivity contribution in [3.05, 3.63) is 23.3 Å². The summed E-state index contributed by atoms with van der Waals surface area (Å²) in [5.41, 5.74) is 3.54. The minimum absolute atomic E-state index is 0.285. The number of rotatable bonds is 2. The van der Waals surface area contributed by atoms with E-state index in [1.54, 1.807) is 0 Å². The third-order valence-electron chi connectivity index (χ3n) is 3.06. The van der Waals surface area contributed by atoms with Gasteiger partial charge in [0, 0.05) is 0 Å². The zero-order valence-electron chi connectivity index (χ0n) is 11.9. The van der Waals surface area contributed by atoms with Crippen LogP contribution in [0.2, 0.25) is 0 Å². The number of hydrogen-bond acceptors (Lipinski definition) is 0. The first-order chi connectivity index (χ1) is 6.59. The summed E-state index contributed by atoms with van der Waals surface area (Å²) in [4.78, 5) is 0. The second kappa shape index (κ2) is 5.01. The molecule has 0 heteroatoms. The molecule has 0 heterocycles. The molecule has 0 aliphatic heterocycles. The van der Waals surface area contributed by atoms with E-state index < -0.39 is 0 Å². The standard InChI is InChI=1S/C15H28/c1-9-13(15(6,7)8)11-10-12(2)14(3,4)5/h10-11H,9H2,1-8H3/b12-10+,13-11+. The first-order valence-corrected chi connectivity index (χ1v) is 5.97. The predicted molar refractivity (Wildman–Crippen MR) is 71.0 cm³/mol. The molecule has 0 saturated carbocycles. The van der Waals surface area contributed by atoms with E-state index in [2.05, 4.69) is 67.5 Å². The summed E-state index contributed by atoms with van der Waals surface area (Å²) in [6, 6.07) is 0. The topological polar surface area (TPSA) is 0 Å². The minimum atomic E-state index is 0.285. The second-order valence-corrected chi connectivity index (χ2v) is 6.40. The van der Waals surface area contributed by atoms with Gasteiger partial charge in [0.1, 0.15) is 0 Å². The zero-order valence-corrected chi connectivity index (χ0v) is 11.9.